The van der Waals surface area contributed by atoms with E-state index < -0.39 is 0 Å². The highest BCUT2D eigenvalue weighted by Crippen LogP contribution is 2.18. The molecule has 5 nitrogen and oxygen atoms in total. The molecular weight excluding hydrogens is 272 g/mol. The Bertz CT molecular complexity index is 523. The fourth-order valence-corrected chi connectivity index (χ4v) is 1.53. The Hall–Kier alpha value is -1.69. The van der Waals surface area contributed by atoms with Gasteiger partial charge in [-0.05, 0) is 28.1 Å². The fourth-order valence-electron chi connectivity index (χ4n) is 1.18. The van der Waals surface area contributed by atoms with Crippen LogP contribution in [-0.2, 0) is 7.05 Å². The van der Waals surface area contributed by atoms with Gasteiger partial charge in [0.25, 0.3) is 5.91 Å². The molecule has 0 aromatic carbocycles. The maximum Gasteiger partial charge on any atom is 0.277 e. The Morgan fingerprint density at radius 3 is 2.94 bits per heavy atom. The van der Waals surface area contributed by atoms with E-state index in [9.17, 15) is 4.79 Å². The number of aromatic nitrogens is 3. The van der Waals surface area contributed by atoms with Gasteiger partial charge in [-0.25, -0.2) is 9.97 Å². The van der Waals surface area contributed by atoms with Crippen molar-refractivity contribution in [3.63, 3.8) is 0 Å². The number of aryl methyl sites for hydroxylation is 1. The third-order valence-corrected chi connectivity index (χ3v) is 2.57. The van der Waals surface area contributed by atoms with Crippen LogP contribution in [0.1, 0.15) is 10.5 Å². The van der Waals surface area contributed by atoms with Gasteiger partial charge in [-0.3, -0.25) is 4.79 Å². The number of imidazole rings is 1. The summed E-state index contributed by atoms with van der Waals surface area (Å²) in [6.07, 6.45) is 4.83. The molecule has 16 heavy (non-hydrogen) atoms. The molecule has 0 fully saturated rings. The molecule has 2 heterocycles. The summed E-state index contributed by atoms with van der Waals surface area (Å²) < 4.78 is 2.45. The minimum atomic E-state index is -0.278. The van der Waals surface area contributed by atoms with E-state index in [0.29, 0.717) is 11.5 Å². The van der Waals surface area contributed by atoms with E-state index in [1.807, 2.05) is 0 Å². The number of hydrogen-bond donors (Lipinski definition) is 1. The minimum Gasteiger partial charge on any atom is -0.340 e. The normalized spacial score (nSPS) is 10.1. The first-order chi connectivity index (χ1) is 7.66. The van der Waals surface area contributed by atoms with E-state index in [4.69, 9.17) is 0 Å². The summed E-state index contributed by atoms with van der Waals surface area (Å²) in [5.41, 5.74) is 0.361. The Morgan fingerprint density at radius 1 is 1.50 bits per heavy atom. The molecule has 0 aliphatic rings. The number of carbonyl (C=O) groups is 1. The lowest BCUT2D eigenvalue weighted by Crippen LogP contribution is -2.13. The second kappa shape index (κ2) is 4.44. The van der Waals surface area contributed by atoms with Gasteiger partial charge in [-0.2, -0.15) is 0 Å². The van der Waals surface area contributed by atoms with Crippen molar-refractivity contribution >= 4 is 27.7 Å². The summed E-state index contributed by atoms with van der Waals surface area (Å²) in [5, 5.41) is 2.67. The molecule has 0 atom stereocenters. The average molecular weight is 281 g/mol. The summed E-state index contributed by atoms with van der Waals surface area (Å²) in [7, 11) is 1.81. The molecule has 1 amide bonds. The first kappa shape index (κ1) is 10.8. The van der Waals surface area contributed by atoms with Gasteiger partial charge in [0.05, 0.1) is 10.8 Å². The van der Waals surface area contributed by atoms with Crippen LogP contribution in [-0.4, -0.2) is 20.4 Å². The van der Waals surface area contributed by atoms with Crippen LogP contribution >= 0.6 is 15.9 Å². The van der Waals surface area contributed by atoms with E-state index in [-0.39, 0.29) is 5.91 Å². The Balaban J connectivity index is 2.17. The molecule has 0 saturated carbocycles. The molecule has 0 aliphatic heterocycles. The highest BCUT2D eigenvalue weighted by Gasteiger charge is 2.10. The molecule has 0 bridgehead atoms. The van der Waals surface area contributed by atoms with Crippen molar-refractivity contribution in [2.75, 3.05) is 5.32 Å². The van der Waals surface area contributed by atoms with Gasteiger partial charge in [0, 0.05) is 19.4 Å². The molecule has 82 valence electrons. The van der Waals surface area contributed by atoms with Crippen molar-refractivity contribution < 1.29 is 4.79 Å². The van der Waals surface area contributed by atoms with Crippen LogP contribution in [0.5, 0.6) is 0 Å². The Kier molecular flexibility index (Phi) is 3.00. The van der Waals surface area contributed by atoms with Gasteiger partial charge in [0.15, 0.2) is 0 Å². The van der Waals surface area contributed by atoms with Gasteiger partial charge >= 0.3 is 0 Å². The lowest BCUT2D eigenvalue weighted by atomic mass is 10.4. The van der Waals surface area contributed by atoms with Gasteiger partial charge < -0.3 is 9.88 Å². The number of anilines is 1. The highest BCUT2D eigenvalue weighted by molar-refractivity contribution is 9.10. The van der Waals surface area contributed by atoms with Crippen LogP contribution in [0.3, 0.4) is 0 Å². The lowest BCUT2D eigenvalue weighted by Gasteiger charge is -2.03. The number of hydrogen-bond acceptors (Lipinski definition) is 3. The van der Waals surface area contributed by atoms with E-state index in [0.717, 1.165) is 4.47 Å². The van der Waals surface area contributed by atoms with Gasteiger partial charge in [0.1, 0.15) is 11.5 Å². The van der Waals surface area contributed by atoms with E-state index >= 15 is 0 Å². The summed E-state index contributed by atoms with van der Waals surface area (Å²) in [4.78, 5) is 19.7. The topological polar surface area (TPSA) is 59.8 Å². The second-order valence-corrected chi connectivity index (χ2v) is 4.07. The third-order valence-electron chi connectivity index (χ3n) is 1.93. The Morgan fingerprint density at radius 2 is 2.31 bits per heavy atom. The van der Waals surface area contributed by atoms with Gasteiger partial charge in [-0.15, -0.1) is 0 Å². The van der Waals surface area contributed by atoms with Crippen LogP contribution in [0.2, 0.25) is 0 Å². The molecular formula is C10H9BrN4O. The van der Waals surface area contributed by atoms with Crippen molar-refractivity contribution in [3.8, 4) is 0 Å². The van der Waals surface area contributed by atoms with E-state index in [2.05, 4.69) is 31.2 Å². The fraction of sp³-hybridized carbons (Fsp3) is 0.100. The molecule has 0 radical (unpaired) electrons. The number of carbonyl (C=O) groups excluding carboxylic acids is 1. The van der Waals surface area contributed by atoms with Crippen molar-refractivity contribution in [3.05, 3.63) is 41.0 Å². The van der Waals surface area contributed by atoms with Crippen LogP contribution in [0.4, 0.5) is 5.82 Å². The molecule has 2 aromatic heterocycles. The van der Waals surface area contributed by atoms with Crippen molar-refractivity contribution in [2.24, 2.45) is 7.05 Å². The summed E-state index contributed by atoms with van der Waals surface area (Å²) in [6, 6.07) is 3.58. The number of rotatable bonds is 2. The number of amides is 1. The standard InChI is InChI=1S/C10H9BrN4O/c1-15-5-8(13-6-15)10(16)14-9-7(11)3-2-4-12-9/h2-6H,1H3,(H,12,14,16). The molecule has 2 rings (SSSR count). The first-order valence-electron chi connectivity index (χ1n) is 4.56. The summed E-state index contributed by atoms with van der Waals surface area (Å²) in [5.74, 6) is 0.207. The number of nitrogens with zero attached hydrogens (tertiary/aromatic N) is 3. The minimum absolute atomic E-state index is 0.278. The molecule has 0 unspecified atom stereocenters. The van der Waals surface area contributed by atoms with E-state index in [1.165, 1.54) is 0 Å². The van der Waals surface area contributed by atoms with Crippen molar-refractivity contribution in [1.82, 2.24) is 14.5 Å². The van der Waals surface area contributed by atoms with Crippen LogP contribution in [0.25, 0.3) is 0 Å². The maximum absolute atomic E-state index is 11.7. The number of halogens is 1. The monoisotopic (exact) mass is 280 g/mol. The Labute approximate surface area is 101 Å². The summed E-state index contributed by atoms with van der Waals surface area (Å²) >= 11 is 3.30. The zero-order valence-electron chi connectivity index (χ0n) is 8.51. The number of pyridine rings is 1. The van der Waals surface area contributed by atoms with Crippen LogP contribution < -0.4 is 5.32 Å². The molecule has 0 spiro atoms. The van der Waals surface area contributed by atoms with Crippen molar-refractivity contribution in [1.29, 1.82) is 0 Å². The molecule has 6 heteroatoms. The molecule has 2 aromatic rings. The van der Waals surface area contributed by atoms with Crippen LogP contribution in [0.15, 0.2) is 35.3 Å². The first-order valence-corrected chi connectivity index (χ1v) is 5.36. The highest BCUT2D eigenvalue weighted by atomic mass is 79.9. The molecule has 0 aliphatic carbocycles. The molecule has 0 saturated heterocycles. The predicted molar refractivity (Wildman–Crippen MR) is 63.1 cm³/mol. The smallest absolute Gasteiger partial charge is 0.277 e. The quantitative estimate of drug-likeness (QED) is 0.913. The summed E-state index contributed by atoms with van der Waals surface area (Å²) in [6.45, 7) is 0. The zero-order valence-corrected chi connectivity index (χ0v) is 10.1. The largest absolute Gasteiger partial charge is 0.340 e. The second-order valence-electron chi connectivity index (χ2n) is 3.21. The van der Waals surface area contributed by atoms with Gasteiger partial charge in [0.2, 0.25) is 0 Å². The molecule has 1 N–H and O–H groups in total. The van der Waals surface area contributed by atoms with Gasteiger partial charge in [-0.1, -0.05) is 0 Å². The average Bonchev–Trinajstić information content (AvgIpc) is 2.68. The van der Waals surface area contributed by atoms with Crippen LogP contribution in [0, 0.1) is 0 Å². The zero-order chi connectivity index (χ0) is 11.5. The maximum atomic E-state index is 11.7. The predicted octanol–water partition coefficient (Wildman–Crippen LogP) is 1.83. The SMILES string of the molecule is Cn1cnc(C(=O)Nc2ncccc2Br)c1. The van der Waals surface area contributed by atoms with E-state index in [1.54, 1.807) is 42.5 Å². The number of nitrogens with one attached hydrogen (secondary N) is 1. The van der Waals surface area contributed by atoms with Crippen molar-refractivity contribution in [2.45, 2.75) is 0 Å². The third kappa shape index (κ3) is 2.27. The lowest BCUT2D eigenvalue weighted by molar-refractivity contribution is 0.102.